The van der Waals surface area contributed by atoms with E-state index in [0.29, 0.717) is 40.3 Å². The van der Waals surface area contributed by atoms with Crippen LogP contribution >= 0.6 is 15.9 Å². The molecule has 2 aromatic carbocycles. The van der Waals surface area contributed by atoms with Crippen LogP contribution in [-0.2, 0) is 20.7 Å². The number of amides is 1. The van der Waals surface area contributed by atoms with E-state index in [1.807, 2.05) is 32.0 Å². The van der Waals surface area contributed by atoms with Crippen molar-refractivity contribution in [1.29, 1.82) is 0 Å². The molecule has 30 heavy (non-hydrogen) atoms. The number of hydrogen-bond donors (Lipinski definition) is 1. The number of benzene rings is 2. The molecule has 1 N–H and O–H groups in total. The van der Waals surface area contributed by atoms with Crippen LogP contribution in [0.5, 0.6) is 11.5 Å². The fraction of sp³-hybridized carbons (Fsp3) is 0.391. The summed E-state index contributed by atoms with van der Waals surface area (Å²) in [5.41, 5.74) is 1.34. The number of esters is 1. The van der Waals surface area contributed by atoms with Crippen molar-refractivity contribution in [2.75, 3.05) is 13.2 Å². The molecule has 1 fully saturated rings. The Morgan fingerprint density at radius 1 is 1.07 bits per heavy atom. The second-order valence-electron chi connectivity index (χ2n) is 7.00. The summed E-state index contributed by atoms with van der Waals surface area (Å²) in [6.07, 6.45) is 0.931. The van der Waals surface area contributed by atoms with E-state index in [9.17, 15) is 9.59 Å². The molecule has 3 rings (SSSR count). The lowest BCUT2D eigenvalue weighted by atomic mass is 10.1. The van der Waals surface area contributed by atoms with Gasteiger partial charge in [0.2, 0.25) is 6.10 Å². The summed E-state index contributed by atoms with van der Waals surface area (Å²) in [4.78, 5) is 25.4. The van der Waals surface area contributed by atoms with Gasteiger partial charge in [0, 0.05) is 16.1 Å². The van der Waals surface area contributed by atoms with E-state index in [0.717, 1.165) is 12.8 Å². The molecule has 0 saturated heterocycles. The molecule has 160 valence electrons. The van der Waals surface area contributed by atoms with Gasteiger partial charge in [-0.2, -0.15) is 0 Å². The topological polar surface area (TPSA) is 73.9 Å². The summed E-state index contributed by atoms with van der Waals surface area (Å²) in [6.45, 7) is 4.76. The highest BCUT2D eigenvalue weighted by atomic mass is 79.9. The smallest absolute Gasteiger partial charge is 0.311 e. The highest BCUT2D eigenvalue weighted by Crippen LogP contribution is 2.34. The zero-order valence-corrected chi connectivity index (χ0v) is 18.7. The Bertz CT molecular complexity index is 883. The average Bonchev–Trinajstić information content (AvgIpc) is 3.54. The molecule has 7 heteroatoms. The Kier molecular flexibility index (Phi) is 7.74. The van der Waals surface area contributed by atoms with Gasteiger partial charge in [-0.15, -0.1) is 0 Å². The van der Waals surface area contributed by atoms with Crippen LogP contribution in [0.2, 0.25) is 0 Å². The molecule has 0 aromatic heterocycles. The Balaban J connectivity index is 1.76. The Morgan fingerprint density at radius 3 is 2.30 bits per heavy atom. The Morgan fingerprint density at radius 2 is 1.70 bits per heavy atom. The lowest BCUT2D eigenvalue weighted by Crippen LogP contribution is -2.33. The summed E-state index contributed by atoms with van der Waals surface area (Å²) < 4.78 is 17.6. The Hall–Kier alpha value is -2.54. The Labute approximate surface area is 185 Å². The van der Waals surface area contributed by atoms with Crippen LogP contribution in [0.3, 0.4) is 0 Å². The fourth-order valence-electron chi connectivity index (χ4n) is 2.98. The summed E-state index contributed by atoms with van der Waals surface area (Å²) in [5, 5.41) is 2.92. The third-order valence-electron chi connectivity index (χ3n) is 4.56. The number of hydrogen-bond acceptors (Lipinski definition) is 5. The average molecular weight is 476 g/mol. The van der Waals surface area contributed by atoms with Gasteiger partial charge in [0.05, 0.1) is 19.6 Å². The first kappa shape index (κ1) is 22.2. The molecular formula is C23H26BrNO5. The van der Waals surface area contributed by atoms with Crippen molar-refractivity contribution in [3.05, 3.63) is 58.1 Å². The zero-order chi connectivity index (χ0) is 21.5. The molecule has 1 unspecified atom stereocenters. The molecule has 1 atom stereocenters. The lowest BCUT2D eigenvalue weighted by molar-refractivity contribution is -0.156. The number of rotatable bonds is 10. The van der Waals surface area contributed by atoms with Crippen LogP contribution in [0.1, 0.15) is 43.9 Å². The second-order valence-corrected chi connectivity index (χ2v) is 7.85. The quantitative estimate of drug-likeness (QED) is 0.517. The minimum atomic E-state index is -0.980. The number of carbonyl (C=O) groups is 2. The third-order valence-corrected chi connectivity index (χ3v) is 5.30. The van der Waals surface area contributed by atoms with Gasteiger partial charge in [-0.05, 0) is 44.4 Å². The van der Waals surface area contributed by atoms with Gasteiger partial charge in [0.15, 0.2) is 11.5 Å². The van der Waals surface area contributed by atoms with E-state index in [2.05, 4.69) is 21.2 Å². The first-order valence-electron chi connectivity index (χ1n) is 10.1. The number of carbonyl (C=O) groups excluding carboxylic acids is 2. The first-order valence-corrected chi connectivity index (χ1v) is 10.9. The van der Waals surface area contributed by atoms with Gasteiger partial charge >= 0.3 is 5.97 Å². The minimum Gasteiger partial charge on any atom is -0.490 e. The molecule has 0 bridgehead atoms. The SMILES string of the molecule is CCOc1cc(Br)c(CC(=O)OC(C(=O)NC2CC2)c2ccccc2)cc1OCC. The van der Waals surface area contributed by atoms with Crippen LogP contribution < -0.4 is 14.8 Å². The van der Waals surface area contributed by atoms with Crippen molar-refractivity contribution in [2.24, 2.45) is 0 Å². The van der Waals surface area contributed by atoms with Gasteiger partial charge in [-0.3, -0.25) is 9.59 Å². The monoisotopic (exact) mass is 475 g/mol. The predicted octanol–water partition coefficient (Wildman–Crippen LogP) is 4.35. The van der Waals surface area contributed by atoms with Gasteiger partial charge in [-0.1, -0.05) is 46.3 Å². The molecule has 2 aromatic rings. The van der Waals surface area contributed by atoms with Crippen molar-refractivity contribution in [3.8, 4) is 11.5 Å². The van der Waals surface area contributed by atoms with Gasteiger partial charge < -0.3 is 19.5 Å². The molecule has 1 aliphatic rings. The molecule has 1 amide bonds. The summed E-state index contributed by atoms with van der Waals surface area (Å²) in [5.74, 6) is 0.380. The van der Waals surface area contributed by atoms with E-state index in [4.69, 9.17) is 14.2 Å². The van der Waals surface area contributed by atoms with Crippen LogP contribution in [0.15, 0.2) is 46.9 Å². The molecule has 1 aliphatic carbocycles. The molecule has 0 radical (unpaired) electrons. The fourth-order valence-corrected chi connectivity index (χ4v) is 3.45. The molecule has 0 aliphatic heterocycles. The minimum absolute atomic E-state index is 0.00684. The highest BCUT2D eigenvalue weighted by Gasteiger charge is 2.31. The number of nitrogens with one attached hydrogen (secondary N) is 1. The maximum Gasteiger partial charge on any atom is 0.311 e. The molecule has 6 nitrogen and oxygen atoms in total. The van der Waals surface area contributed by atoms with Crippen molar-refractivity contribution >= 4 is 27.8 Å². The van der Waals surface area contributed by atoms with E-state index >= 15 is 0 Å². The summed E-state index contributed by atoms with van der Waals surface area (Å²) in [7, 11) is 0. The second kappa shape index (κ2) is 10.5. The van der Waals surface area contributed by atoms with E-state index in [-0.39, 0.29) is 18.4 Å². The van der Waals surface area contributed by atoms with Gasteiger partial charge in [0.25, 0.3) is 5.91 Å². The molecule has 1 saturated carbocycles. The largest absolute Gasteiger partial charge is 0.490 e. The van der Waals surface area contributed by atoms with E-state index < -0.39 is 12.1 Å². The number of halogens is 1. The first-order chi connectivity index (χ1) is 14.5. The number of ether oxygens (including phenoxy) is 3. The normalized spacial score (nSPS) is 14.0. The lowest BCUT2D eigenvalue weighted by Gasteiger charge is -2.19. The molecule has 0 spiro atoms. The van der Waals surface area contributed by atoms with E-state index in [1.165, 1.54) is 0 Å². The van der Waals surface area contributed by atoms with Crippen molar-refractivity contribution < 1.29 is 23.8 Å². The van der Waals surface area contributed by atoms with Crippen LogP contribution in [0.4, 0.5) is 0 Å². The maximum atomic E-state index is 12.7. The molecular weight excluding hydrogens is 450 g/mol. The summed E-state index contributed by atoms with van der Waals surface area (Å²) >= 11 is 3.49. The van der Waals surface area contributed by atoms with E-state index in [1.54, 1.807) is 24.3 Å². The third kappa shape index (κ3) is 5.98. The predicted molar refractivity (Wildman–Crippen MR) is 117 cm³/mol. The van der Waals surface area contributed by atoms with Crippen LogP contribution in [-0.4, -0.2) is 31.1 Å². The standard InChI is InChI=1S/C23H26BrNO5/c1-3-28-19-12-16(18(24)14-20(19)29-4-2)13-21(26)30-22(15-8-6-5-7-9-15)23(27)25-17-10-11-17/h5-9,12,14,17,22H,3-4,10-11,13H2,1-2H3,(H,25,27). The van der Waals surface area contributed by atoms with Gasteiger partial charge in [0.1, 0.15) is 0 Å². The molecule has 0 heterocycles. The summed E-state index contributed by atoms with van der Waals surface area (Å²) in [6, 6.07) is 12.8. The zero-order valence-electron chi connectivity index (χ0n) is 17.2. The highest BCUT2D eigenvalue weighted by molar-refractivity contribution is 9.10. The van der Waals surface area contributed by atoms with Crippen LogP contribution in [0.25, 0.3) is 0 Å². The maximum absolute atomic E-state index is 12.7. The van der Waals surface area contributed by atoms with Crippen molar-refractivity contribution in [3.63, 3.8) is 0 Å². The van der Waals surface area contributed by atoms with Gasteiger partial charge in [-0.25, -0.2) is 0 Å². The van der Waals surface area contributed by atoms with Crippen molar-refractivity contribution in [1.82, 2.24) is 5.32 Å². The van der Waals surface area contributed by atoms with Crippen LogP contribution in [0, 0.1) is 0 Å². The van der Waals surface area contributed by atoms with Crippen molar-refractivity contribution in [2.45, 2.75) is 45.3 Å².